The lowest BCUT2D eigenvalue weighted by atomic mass is 10.1. The van der Waals surface area contributed by atoms with E-state index in [0.29, 0.717) is 30.1 Å². The van der Waals surface area contributed by atoms with E-state index in [0.717, 1.165) is 6.42 Å². The summed E-state index contributed by atoms with van der Waals surface area (Å²) in [7, 11) is -1.75. The van der Waals surface area contributed by atoms with E-state index in [-0.39, 0.29) is 22.2 Å². The molecule has 1 aliphatic heterocycles. The molecule has 0 unspecified atom stereocenters. The Hall–Kier alpha value is -2.25. The van der Waals surface area contributed by atoms with Gasteiger partial charge in [-0.25, -0.2) is 8.42 Å². The van der Waals surface area contributed by atoms with Crippen molar-refractivity contribution in [3.05, 3.63) is 53.1 Å². The first-order chi connectivity index (χ1) is 12.4. The van der Waals surface area contributed by atoms with E-state index >= 15 is 0 Å². The van der Waals surface area contributed by atoms with Gasteiger partial charge in [-0.15, -0.1) is 0 Å². The van der Waals surface area contributed by atoms with Crippen LogP contribution in [-0.4, -0.2) is 33.7 Å². The minimum Gasteiger partial charge on any atom is -0.497 e. The third-order valence-corrected chi connectivity index (χ3v) is 6.36. The quantitative estimate of drug-likeness (QED) is 0.860. The summed E-state index contributed by atoms with van der Waals surface area (Å²) < 4.78 is 30.8. The van der Waals surface area contributed by atoms with Crippen LogP contribution in [0.4, 0.5) is 11.4 Å². The normalized spacial score (nSPS) is 16.2. The van der Waals surface area contributed by atoms with Gasteiger partial charge in [0.2, 0.25) is 10.0 Å². The van der Waals surface area contributed by atoms with Gasteiger partial charge in [0.05, 0.1) is 29.1 Å². The number of carbonyl (C=O) groups excluding carboxylic acids is 1. The molecule has 1 N–H and O–H groups in total. The highest BCUT2D eigenvalue weighted by atomic mass is 35.5. The Kier molecular flexibility index (Phi) is 5.38. The Bertz CT molecular complexity index is 913. The molecule has 1 amide bonds. The number of amides is 1. The van der Waals surface area contributed by atoms with Crippen LogP contribution in [0.25, 0.3) is 0 Å². The number of rotatable bonds is 4. The Morgan fingerprint density at radius 2 is 1.88 bits per heavy atom. The lowest BCUT2D eigenvalue weighted by Crippen LogP contribution is -2.37. The van der Waals surface area contributed by atoms with Gasteiger partial charge in [-0.3, -0.25) is 9.10 Å². The molecule has 6 nitrogen and oxygen atoms in total. The molecular formula is C18H19ClN2O4S. The lowest BCUT2D eigenvalue weighted by molar-refractivity contribution is 0.102. The standard InChI is InChI=1S/C18H19ClN2O4S/c1-25-15-7-4-13(5-8-15)20-18(22)16-9-6-14(12-17(16)19)21-10-2-3-11-26(21,23)24/h4-9,12H,2-3,10-11H2,1H3,(H,20,22). The summed E-state index contributed by atoms with van der Waals surface area (Å²) in [5, 5.41) is 2.96. The number of benzene rings is 2. The third kappa shape index (κ3) is 3.94. The molecule has 1 fully saturated rings. The van der Waals surface area contributed by atoms with Crippen molar-refractivity contribution in [2.24, 2.45) is 0 Å². The Morgan fingerprint density at radius 1 is 1.15 bits per heavy atom. The van der Waals surface area contributed by atoms with Gasteiger partial charge in [0, 0.05) is 12.2 Å². The van der Waals surface area contributed by atoms with Crippen LogP contribution >= 0.6 is 11.6 Å². The average molecular weight is 395 g/mol. The van der Waals surface area contributed by atoms with Crippen LogP contribution in [0.2, 0.25) is 5.02 Å². The largest absolute Gasteiger partial charge is 0.497 e. The van der Waals surface area contributed by atoms with E-state index in [1.54, 1.807) is 43.5 Å². The molecule has 26 heavy (non-hydrogen) atoms. The van der Waals surface area contributed by atoms with Gasteiger partial charge in [-0.1, -0.05) is 11.6 Å². The number of carbonyl (C=O) groups is 1. The van der Waals surface area contributed by atoms with Crippen molar-refractivity contribution < 1.29 is 17.9 Å². The minimum absolute atomic E-state index is 0.129. The number of hydrogen-bond donors (Lipinski definition) is 1. The van der Waals surface area contributed by atoms with Gasteiger partial charge in [0.15, 0.2) is 0 Å². The fourth-order valence-electron chi connectivity index (χ4n) is 2.79. The minimum atomic E-state index is -3.32. The molecule has 0 bridgehead atoms. The molecule has 1 aliphatic rings. The zero-order chi connectivity index (χ0) is 18.7. The molecule has 1 heterocycles. The molecule has 1 saturated heterocycles. The van der Waals surface area contributed by atoms with Gasteiger partial charge < -0.3 is 10.1 Å². The number of hydrogen-bond acceptors (Lipinski definition) is 4. The summed E-state index contributed by atoms with van der Waals surface area (Å²) in [6.07, 6.45) is 1.46. The zero-order valence-corrected chi connectivity index (χ0v) is 15.8. The first kappa shape index (κ1) is 18.5. The molecule has 138 valence electrons. The van der Waals surface area contributed by atoms with Crippen LogP contribution in [0.1, 0.15) is 23.2 Å². The van der Waals surface area contributed by atoms with Crippen molar-refractivity contribution in [1.82, 2.24) is 0 Å². The Morgan fingerprint density at radius 3 is 2.50 bits per heavy atom. The second-order valence-electron chi connectivity index (χ2n) is 5.94. The highest BCUT2D eigenvalue weighted by molar-refractivity contribution is 7.92. The van der Waals surface area contributed by atoms with Gasteiger partial charge in [-0.2, -0.15) is 0 Å². The van der Waals surface area contributed by atoms with Crippen molar-refractivity contribution in [3.8, 4) is 5.75 Å². The fraction of sp³-hybridized carbons (Fsp3) is 0.278. The summed E-state index contributed by atoms with van der Waals surface area (Å²) in [5.74, 6) is 0.450. The molecule has 2 aromatic rings. The first-order valence-corrected chi connectivity index (χ1v) is 10.1. The predicted octanol–water partition coefficient (Wildman–Crippen LogP) is 3.53. The number of anilines is 2. The van der Waals surface area contributed by atoms with Crippen molar-refractivity contribution >= 4 is 38.9 Å². The summed E-state index contributed by atoms with van der Waals surface area (Å²) in [6.45, 7) is 0.427. The van der Waals surface area contributed by atoms with Gasteiger partial charge >= 0.3 is 0 Å². The molecule has 0 atom stereocenters. The number of methoxy groups -OCH3 is 1. The first-order valence-electron chi connectivity index (χ1n) is 8.16. The van der Waals surface area contributed by atoms with E-state index in [1.807, 2.05) is 0 Å². The van der Waals surface area contributed by atoms with Crippen molar-refractivity contribution in [3.63, 3.8) is 0 Å². The SMILES string of the molecule is COc1ccc(NC(=O)c2ccc(N3CCCCS3(=O)=O)cc2Cl)cc1. The zero-order valence-electron chi connectivity index (χ0n) is 14.2. The summed E-state index contributed by atoms with van der Waals surface area (Å²) >= 11 is 6.25. The molecule has 0 saturated carbocycles. The Balaban J connectivity index is 1.79. The summed E-state index contributed by atoms with van der Waals surface area (Å²) in [6, 6.07) is 11.6. The molecule has 2 aromatic carbocycles. The highest BCUT2D eigenvalue weighted by Gasteiger charge is 2.26. The molecule has 0 spiro atoms. The number of nitrogens with zero attached hydrogens (tertiary/aromatic N) is 1. The molecule has 8 heteroatoms. The Labute approximate surface area is 157 Å². The molecular weight excluding hydrogens is 376 g/mol. The number of ether oxygens (including phenoxy) is 1. The van der Waals surface area contributed by atoms with Gasteiger partial charge in [-0.05, 0) is 55.3 Å². The van der Waals surface area contributed by atoms with Crippen LogP contribution in [0.15, 0.2) is 42.5 Å². The van der Waals surface area contributed by atoms with Crippen LogP contribution in [-0.2, 0) is 10.0 Å². The third-order valence-electron chi connectivity index (χ3n) is 4.18. The molecule has 0 aliphatic carbocycles. The van der Waals surface area contributed by atoms with Crippen molar-refractivity contribution in [2.45, 2.75) is 12.8 Å². The van der Waals surface area contributed by atoms with E-state index in [4.69, 9.17) is 16.3 Å². The summed E-state index contributed by atoms with van der Waals surface area (Å²) in [4.78, 5) is 12.4. The fourth-order valence-corrected chi connectivity index (χ4v) is 4.69. The predicted molar refractivity (Wildman–Crippen MR) is 103 cm³/mol. The smallest absolute Gasteiger partial charge is 0.257 e. The van der Waals surface area contributed by atoms with Gasteiger partial charge in [0.25, 0.3) is 5.91 Å². The van der Waals surface area contributed by atoms with Gasteiger partial charge in [0.1, 0.15) is 5.75 Å². The monoisotopic (exact) mass is 394 g/mol. The maximum absolute atomic E-state index is 12.4. The van der Waals surface area contributed by atoms with Crippen molar-refractivity contribution in [2.75, 3.05) is 29.0 Å². The molecule has 3 rings (SSSR count). The van der Waals surface area contributed by atoms with E-state index in [2.05, 4.69) is 5.32 Å². The lowest BCUT2D eigenvalue weighted by Gasteiger charge is -2.28. The maximum atomic E-state index is 12.4. The second-order valence-corrected chi connectivity index (χ2v) is 8.36. The van der Waals surface area contributed by atoms with Crippen LogP contribution in [0.5, 0.6) is 5.75 Å². The van der Waals surface area contributed by atoms with Crippen LogP contribution in [0.3, 0.4) is 0 Å². The second kappa shape index (κ2) is 7.55. The van der Waals surface area contributed by atoms with E-state index in [9.17, 15) is 13.2 Å². The van der Waals surface area contributed by atoms with E-state index < -0.39 is 10.0 Å². The summed E-state index contributed by atoms with van der Waals surface area (Å²) in [5.41, 5.74) is 1.37. The number of nitrogens with one attached hydrogen (secondary N) is 1. The average Bonchev–Trinajstić information content (AvgIpc) is 2.61. The number of halogens is 1. The molecule has 0 aromatic heterocycles. The van der Waals surface area contributed by atoms with Crippen LogP contribution < -0.4 is 14.4 Å². The van der Waals surface area contributed by atoms with E-state index in [1.165, 1.54) is 10.4 Å². The molecule has 0 radical (unpaired) electrons. The van der Waals surface area contributed by atoms with Crippen molar-refractivity contribution in [1.29, 1.82) is 0 Å². The van der Waals surface area contributed by atoms with Crippen LogP contribution in [0, 0.1) is 0 Å². The highest BCUT2D eigenvalue weighted by Crippen LogP contribution is 2.29. The topological polar surface area (TPSA) is 75.7 Å². The maximum Gasteiger partial charge on any atom is 0.257 e. The number of sulfonamides is 1.